The number of carbonyl (C=O) groups is 1. The maximum absolute atomic E-state index is 13.8. The van der Waals surface area contributed by atoms with Crippen LogP contribution in [0.5, 0.6) is 5.75 Å². The van der Waals surface area contributed by atoms with Gasteiger partial charge in [0.2, 0.25) is 5.95 Å². The minimum Gasteiger partial charge on any atom is -0.497 e. The smallest absolute Gasteiger partial charge is 0.270 e. The van der Waals surface area contributed by atoms with Crippen LogP contribution in [0.25, 0.3) is 11.4 Å². The molecule has 0 saturated heterocycles. The number of rotatable bonds is 3. The molecule has 2 unspecified atom stereocenters. The molecule has 0 bridgehead atoms. The molecule has 0 N–H and O–H groups in total. The van der Waals surface area contributed by atoms with E-state index in [1.807, 2.05) is 46.7 Å². The number of hydrogen-bond donors (Lipinski definition) is 0. The van der Waals surface area contributed by atoms with Crippen molar-refractivity contribution in [3.63, 3.8) is 0 Å². The van der Waals surface area contributed by atoms with Gasteiger partial charge in [0, 0.05) is 17.5 Å². The van der Waals surface area contributed by atoms with E-state index in [1.165, 1.54) is 43.4 Å². The Morgan fingerprint density at radius 3 is 2.58 bits per heavy atom. The van der Waals surface area contributed by atoms with Gasteiger partial charge in [-0.2, -0.15) is 4.98 Å². The first kappa shape index (κ1) is 20.9. The summed E-state index contributed by atoms with van der Waals surface area (Å²) in [4.78, 5) is 21.7. The molecule has 1 aromatic carbocycles. The first-order valence-corrected chi connectivity index (χ1v) is 13.1. The second-order valence-corrected chi connectivity index (χ2v) is 10.6. The van der Waals surface area contributed by atoms with Crippen LogP contribution in [0.2, 0.25) is 0 Å². The molecule has 3 heterocycles. The zero-order valence-corrected chi connectivity index (χ0v) is 19.9. The molecule has 1 amide bonds. The normalized spacial score (nSPS) is 23.7. The second-order valence-electron chi connectivity index (χ2n) is 9.65. The molecule has 2 aromatic heterocycles. The predicted octanol–water partition coefficient (Wildman–Crippen LogP) is 5.89. The molecule has 0 radical (unpaired) electrons. The standard InChI is InChI=1S/C26H30N4O2S/c1-32-19-13-11-18(12-14-19)23-27-25-29(24(31)22-10-7-17-33-22)21-9-4-3-8-20(21)26(30(25)28-23)15-5-2-6-16-26/h7,10-14,17,20-21H,2-6,8-9,15-16H2,1H3. The highest BCUT2D eigenvalue weighted by atomic mass is 32.1. The quantitative estimate of drug-likeness (QED) is 0.487. The van der Waals surface area contributed by atoms with E-state index in [0.717, 1.165) is 47.8 Å². The molecule has 3 aromatic rings. The molecule has 172 valence electrons. The molecule has 7 heteroatoms. The van der Waals surface area contributed by atoms with Crippen LogP contribution < -0.4 is 9.64 Å². The molecule has 2 aliphatic carbocycles. The van der Waals surface area contributed by atoms with Crippen LogP contribution in [0.4, 0.5) is 5.95 Å². The van der Waals surface area contributed by atoms with Gasteiger partial charge < -0.3 is 4.74 Å². The molecule has 2 fully saturated rings. The molecule has 3 aliphatic rings. The Hall–Kier alpha value is -2.67. The van der Waals surface area contributed by atoms with Gasteiger partial charge in [-0.15, -0.1) is 16.4 Å². The van der Waals surface area contributed by atoms with E-state index < -0.39 is 0 Å². The summed E-state index contributed by atoms with van der Waals surface area (Å²) >= 11 is 1.51. The lowest BCUT2D eigenvalue weighted by Crippen LogP contribution is -2.61. The number of benzene rings is 1. The largest absolute Gasteiger partial charge is 0.497 e. The van der Waals surface area contributed by atoms with E-state index in [2.05, 4.69) is 4.68 Å². The van der Waals surface area contributed by atoms with Gasteiger partial charge in [-0.25, -0.2) is 4.68 Å². The molecule has 2 atom stereocenters. The summed E-state index contributed by atoms with van der Waals surface area (Å²) < 4.78 is 7.52. The molecule has 6 rings (SSSR count). The number of carbonyl (C=O) groups excluding carboxylic acids is 1. The van der Waals surface area contributed by atoms with Gasteiger partial charge in [-0.3, -0.25) is 9.69 Å². The molecule has 1 aliphatic heterocycles. The summed E-state index contributed by atoms with van der Waals surface area (Å²) in [7, 11) is 1.67. The van der Waals surface area contributed by atoms with E-state index in [1.54, 1.807) is 7.11 Å². The van der Waals surface area contributed by atoms with E-state index in [9.17, 15) is 4.79 Å². The van der Waals surface area contributed by atoms with Crippen molar-refractivity contribution in [2.45, 2.75) is 69.4 Å². The van der Waals surface area contributed by atoms with Crippen molar-refractivity contribution in [2.24, 2.45) is 5.92 Å². The van der Waals surface area contributed by atoms with Gasteiger partial charge in [0.1, 0.15) is 5.75 Å². The molecular formula is C26H30N4O2S. The summed E-state index contributed by atoms with van der Waals surface area (Å²) in [5.41, 5.74) is 0.929. The van der Waals surface area contributed by atoms with Crippen molar-refractivity contribution in [1.29, 1.82) is 0 Å². The van der Waals surface area contributed by atoms with E-state index >= 15 is 0 Å². The summed E-state index contributed by atoms with van der Waals surface area (Å²) in [6, 6.07) is 12.0. The van der Waals surface area contributed by atoms with Crippen LogP contribution in [0.1, 0.15) is 67.5 Å². The number of anilines is 1. The van der Waals surface area contributed by atoms with Crippen molar-refractivity contribution in [1.82, 2.24) is 14.8 Å². The molecule has 6 nitrogen and oxygen atoms in total. The van der Waals surface area contributed by atoms with E-state index in [0.29, 0.717) is 11.7 Å². The third kappa shape index (κ3) is 3.31. The Labute approximate surface area is 198 Å². The Morgan fingerprint density at radius 2 is 1.85 bits per heavy atom. The fourth-order valence-electron chi connectivity index (χ4n) is 6.48. The second kappa shape index (κ2) is 8.28. The van der Waals surface area contributed by atoms with Crippen molar-refractivity contribution in [3.8, 4) is 17.1 Å². The minimum absolute atomic E-state index is 0.0252. The van der Waals surface area contributed by atoms with Gasteiger partial charge >= 0.3 is 0 Å². The number of ether oxygens (including phenoxy) is 1. The number of thiophene rings is 1. The average Bonchev–Trinajstić information content (AvgIpc) is 3.56. The Morgan fingerprint density at radius 1 is 1.06 bits per heavy atom. The maximum Gasteiger partial charge on any atom is 0.270 e. The third-order valence-corrected chi connectivity index (χ3v) is 8.85. The SMILES string of the molecule is COc1ccc(-c2nc3n(n2)C2(CCCCC2)C2CCCCC2N3C(=O)c2cccs2)cc1. The van der Waals surface area contributed by atoms with Crippen LogP contribution in [-0.2, 0) is 5.54 Å². The zero-order chi connectivity index (χ0) is 22.4. The number of aromatic nitrogens is 3. The number of hydrogen-bond acceptors (Lipinski definition) is 5. The van der Waals surface area contributed by atoms with Crippen molar-refractivity contribution >= 4 is 23.2 Å². The highest BCUT2D eigenvalue weighted by molar-refractivity contribution is 7.12. The van der Waals surface area contributed by atoms with Gasteiger partial charge in [0.05, 0.1) is 17.5 Å². The topological polar surface area (TPSA) is 60.2 Å². The summed E-state index contributed by atoms with van der Waals surface area (Å²) in [6.45, 7) is 0. The van der Waals surface area contributed by atoms with Crippen LogP contribution in [0.15, 0.2) is 41.8 Å². The van der Waals surface area contributed by atoms with Crippen LogP contribution in [0.3, 0.4) is 0 Å². The molecule has 1 spiro atoms. The monoisotopic (exact) mass is 462 g/mol. The maximum atomic E-state index is 13.8. The van der Waals surface area contributed by atoms with Gasteiger partial charge in [0.15, 0.2) is 5.82 Å². The van der Waals surface area contributed by atoms with Gasteiger partial charge in [0.25, 0.3) is 5.91 Å². The lowest BCUT2D eigenvalue weighted by molar-refractivity contribution is 0.0315. The number of fused-ring (bicyclic) bond motifs is 4. The first-order chi connectivity index (χ1) is 16.2. The van der Waals surface area contributed by atoms with Crippen LogP contribution in [0, 0.1) is 5.92 Å². The van der Waals surface area contributed by atoms with Crippen LogP contribution in [-0.4, -0.2) is 33.8 Å². The fourth-order valence-corrected chi connectivity index (χ4v) is 7.14. The predicted molar refractivity (Wildman–Crippen MR) is 130 cm³/mol. The van der Waals surface area contributed by atoms with Gasteiger partial charge in [-0.05, 0) is 61.4 Å². The molecule has 2 saturated carbocycles. The van der Waals surface area contributed by atoms with Crippen LogP contribution >= 0.6 is 11.3 Å². The Balaban J connectivity index is 1.52. The lowest BCUT2D eigenvalue weighted by Gasteiger charge is -2.55. The Kier molecular flexibility index (Phi) is 5.24. The van der Waals surface area contributed by atoms with Crippen molar-refractivity contribution in [2.75, 3.05) is 12.0 Å². The lowest BCUT2D eigenvalue weighted by atomic mass is 9.64. The van der Waals surface area contributed by atoms with Gasteiger partial charge in [-0.1, -0.05) is 38.2 Å². The van der Waals surface area contributed by atoms with Crippen molar-refractivity contribution in [3.05, 3.63) is 46.7 Å². The summed E-state index contributed by atoms with van der Waals surface area (Å²) in [5.74, 6) is 2.76. The van der Waals surface area contributed by atoms with Crippen molar-refractivity contribution < 1.29 is 9.53 Å². The van der Waals surface area contributed by atoms with E-state index in [-0.39, 0.29) is 17.5 Å². The number of amides is 1. The van der Waals surface area contributed by atoms with E-state index in [4.69, 9.17) is 14.8 Å². The summed E-state index contributed by atoms with van der Waals surface area (Å²) in [6.07, 6.45) is 10.6. The highest BCUT2D eigenvalue weighted by Crippen LogP contribution is 2.53. The third-order valence-electron chi connectivity index (χ3n) is 8.00. The minimum atomic E-state index is -0.0252. The number of methoxy groups -OCH3 is 1. The zero-order valence-electron chi connectivity index (χ0n) is 19.1. The Bertz CT molecular complexity index is 1130. The molecular weight excluding hydrogens is 432 g/mol. The highest BCUT2D eigenvalue weighted by Gasteiger charge is 2.55. The average molecular weight is 463 g/mol. The number of nitrogens with zero attached hydrogens (tertiary/aromatic N) is 4. The first-order valence-electron chi connectivity index (χ1n) is 12.2. The fraction of sp³-hybridized carbons (Fsp3) is 0.500. The molecule has 33 heavy (non-hydrogen) atoms. The summed E-state index contributed by atoms with van der Waals surface area (Å²) in [5, 5.41) is 7.11.